The van der Waals surface area contributed by atoms with Crippen molar-refractivity contribution in [1.82, 2.24) is 9.97 Å². The van der Waals surface area contributed by atoms with E-state index >= 15 is 0 Å². The van der Waals surface area contributed by atoms with E-state index in [9.17, 15) is 0 Å². The average Bonchev–Trinajstić information content (AvgIpc) is 2.38. The number of methoxy groups -OCH3 is 2. The molecule has 1 aromatic heterocycles. The summed E-state index contributed by atoms with van der Waals surface area (Å²) in [5.74, 6) is 0.833. The SMILES string of the molecule is COCc1c[nH]c(COC)n1. The predicted molar refractivity (Wildman–Crippen MR) is 40.0 cm³/mol. The van der Waals surface area contributed by atoms with E-state index < -0.39 is 0 Å². The third-order valence-electron chi connectivity index (χ3n) is 1.26. The zero-order valence-corrected chi connectivity index (χ0v) is 6.76. The van der Waals surface area contributed by atoms with Crippen molar-refractivity contribution in [3.63, 3.8) is 0 Å². The molecule has 1 N–H and O–H groups in total. The van der Waals surface area contributed by atoms with Crippen molar-refractivity contribution in [2.24, 2.45) is 0 Å². The van der Waals surface area contributed by atoms with Crippen molar-refractivity contribution in [3.8, 4) is 0 Å². The third-order valence-corrected chi connectivity index (χ3v) is 1.26. The molecular weight excluding hydrogens is 144 g/mol. The van der Waals surface area contributed by atoms with Crippen molar-refractivity contribution >= 4 is 0 Å². The molecule has 0 saturated carbocycles. The van der Waals surface area contributed by atoms with Gasteiger partial charge in [0.25, 0.3) is 0 Å². The first kappa shape index (κ1) is 8.23. The molecular formula is C7H12N2O2. The molecule has 4 heteroatoms. The average molecular weight is 156 g/mol. The minimum Gasteiger partial charge on any atom is -0.378 e. The van der Waals surface area contributed by atoms with Crippen molar-refractivity contribution < 1.29 is 9.47 Å². The largest absolute Gasteiger partial charge is 0.378 e. The van der Waals surface area contributed by atoms with Crippen LogP contribution >= 0.6 is 0 Å². The van der Waals surface area contributed by atoms with E-state index in [0.717, 1.165) is 11.5 Å². The lowest BCUT2D eigenvalue weighted by atomic mass is 10.5. The summed E-state index contributed by atoms with van der Waals surface area (Å²) in [5, 5.41) is 0. The van der Waals surface area contributed by atoms with Crippen LogP contribution in [0, 0.1) is 0 Å². The van der Waals surface area contributed by atoms with Crippen LogP contribution in [0.15, 0.2) is 6.20 Å². The lowest BCUT2D eigenvalue weighted by Crippen LogP contribution is -1.91. The van der Waals surface area contributed by atoms with Gasteiger partial charge in [-0.2, -0.15) is 0 Å². The fourth-order valence-electron chi connectivity index (χ4n) is 0.837. The summed E-state index contributed by atoms with van der Waals surface area (Å²) in [4.78, 5) is 7.16. The Kier molecular flexibility index (Phi) is 3.07. The maximum Gasteiger partial charge on any atom is 0.132 e. The number of nitrogens with one attached hydrogen (secondary N) is 1. The highest BCUT2D eigenvalue weighted by Crippen LogP contribution is 1.98. The van der Waals surface area contributed by atoms with E-state index in [1.165, 1.54) is 0 Å². The maximum absolute atomic E-state index is 4.90. The summed E-state index contributed by atoms with van der Waals surface area (Å²) in [6.07, 6.45) is 1.82. The molecule has 1 aromatic rings. The second-order valence-electron chi connectivity index (χ2n) is 2.20. The molecule has 0 aliphatic carbocycles. The normalized spacial score (nSPS) is 10.4. The summed E-state index contributed by atoms with van der Waals surface area (Å²) in [5.41, 5.74) is 0.902. The Morgan fingerprint density at radius 2 is 2.09 bits per heavy atom. The number of nitrogens with zero attached hydrogens (tertiary/aromatic N) is 1. The van der Waals surface area contributed by atoms with E-state index in [-0.39, 0.29) is 0 Å². The van der Waals surface area contributed by atoms with Crippen molar-refractivity contribution in [1.29, 1.82) is 0 Å². The van der Waals surface area contributed by atoms with Gasteiger partial charge in [0.05, 0.1) is 12.3 Å². The van der Waals surface area contributed by atoms with Crippen molar-refractivity contribution in [2.45, 2.75) is 13.2 Å². The first-order valence-corrected chi connectivity index (χ1v) is 3.38. The van der Waals surface area contributed by atoms with Crippen LogP contribution in [0.25, 0.3) is 0 Å². The highest BCUT2D eigenvalue weighted by Gasteiger charge is 1.98. The number of aromatic amines is 1. The van der Waals surface area contributed by atoms with Crippen LogP contribution in [0.4, 0.5) is 0 Å². The molecule has 0 radical (unpaired) electrons. The predicted octanol–water partition coefficient (Wildman–Crippen LogP) is 0.702. The summed E-state index contributed by atoms with van der Waals surface area (Å²) in [7, 11) is 3.28. The Balaban J connectivity index is 2.51. The molecule has 0 spiro atoms. The standard InChI is InChI=1S/C7H12N2O2/c1-10-4-6-3-8-7(9-6)5-11-2/h3H,4-5H2,1-2H3,(H,8,9). The number of rotatable bonds is 4. The van der Waals surface area contributed by atoms with Crippen molar-refractivity contribution in [3.05, 3.63) is 17.7 Å². The minimum absolute atomic E-state index is 0.518. The molecule has 0 bridgehead atoms. The quantitative estimate of drug-likeness (QED) is 0.698. The molecule has 0 saturated heterocycles. The van der Waals surface area contributed by atoms with Gasteiger partial charge in [0.2, 0.25) is 0 Å². The summed E-state index contributed by atoms with van der Waals surface area (Å²) >= 11 is 0. The van der Waals surface area contributed by atoms with E-state index in [0.29, 0.717) is 13.2 Å². The van der Waals surface area contributed by atoms with Crippen LogP contribution in [-0.4, -0.2) is 24.2 Å². The van der Waals surface area contributed by atoms with E-state index in [1.807, 2.05) is 6.20 Å². The Morgan fingerprint density at radius 3 is 2.73 bits per heavy atom. The second-order valence-corrected chi connectivity index (χ2v) is 2.20. The Hall–Kier alpha value is -0.870. The van der Waals surface area contributed by atoms with E-state index in [2.05, 4.69) is 9.97 Å². The third kappa shape index (κ3) is 2.32. The molecule has 0 aliphatic rings. The van der Waals surface area contributed by atoms with Crippen LogP contribution < -0.4 is 0 Å². The van der Waals surface area contributed by atoms with Gasteiger partial charge in [0, 0.05) is 20.4 Å². The van der Waals surface area contributed by atoms with Gasteiger partial charge >= 0.3 is 0 Å². The fraction of sp³-hybridized carbons (Fsp3) is 0.571. The number of H-pyrrole nitrogens is 1. The molecule has 0 fully saturated rings. The number of imidazole rings is 1. The van der Waals surface area contributed by atoms with Crippen LogP contribution in [0.1, 0.15) is 11.5 Å². The van der Waals surface area contributed by atoms with Crippen LogP contribution in [0.5, 0.6) is 0 Å². The molecule has 4 nitrogen and oxygen atoms in total. The van der Waals surface area contributed by atoms with Gasteiger partial charge in [-0.3, -0.25) is 0 Å². The Labute approximate surface area is 65.5 Å². The topological polar surface area (TPSA) is 47.1 Å². The van der Waals surface area contributed by atoms with Gasteiger partial charge in [0.15, 0.2) is 0 Å². The van der Waals surface area contributed by atoms with Gasteiger partial charge in [-0.15, -0.1) is 0 Å². The van der Waals surface area contributed by atoms with Crippen LogP contribution in [0.2, 0.25) is 0 Å². The van der Waals surface area contributed by atoms with E-state index in [1.54, 1.807) is 14.2 Å². The van der Waals surface area contributed by atoms with E-state index in [4.69, 9.17) is 9.47 Å². The Morgan fingerprint density at radius 1 is 1.36 bits per heavy atom. The maximum atomic E-state index is 4.90. The van der Waals surface area contributed by atoms with Gasteiger partial charge in [-0.05, 0) is 0 Å². The number of aromatic nitrogens is 2. The molecule has 1 heterocycles. The lowest BCUT2D eigenvalue weighted by molar-refractivity contribution is 0.174. The zero-order valence-electron chi connectivity index (χ0n) is 6.76. The molecule has 0 amide bonds. The monoisotopic (exact) mass is 156 g/mol. The van der Waals surface area contributed by atoms with Gasteiger partial charge in [0.1, 0.15) is 12.4 Å². The molecule has 0 aliphatic heterocycles. The fourth-order valence-corrected chi connectivity index (χ4v) is 0.837. The summed E-state index contributed by atoms with van der Waals surface area (Å²) in [6.45, 7) is 1.06. The first-order valence-electron chi connectivity index (χ1n) is 3.38. The number of ether oxygens (including phenoxy) is 2. The molecule has 62 valence electrons. The highest BCUT2D eigenvalue weighted by molar-refractivity contribution is 4.98. The number of hydrogen-bond acceptors (Lipinski definition) is 3. The molecule has 0 atom stereocenters. The van der Waals surface area contributed by atoms with Gasteiger partial charge < -0.3 is 14.5 Å². The lowest BCUT2D eigenvalue weighted by Gasteiger charge is -1.91. The van der Waals surface area contributed by atoms with Gasteiger partial charge in [-0.1, -0.05) is 0 Å². The molecule has 0 unspecified atom stereocenters. The summed E-state index contributed by atoms with van der Waals surface area (Å²) in [6, 6.07) is 0. The zero-order chi connectivity index (χ0) is 8.10. The molecule has 0 aromatic carbocycles. The number of hydrogen-bond donors (Lipinski definition) is 1. The van der Waals surface area contributed by atoms with Crippen LogP contribution in [-0.2, 0) is 22.7 Å². The van der Waals surface area contributed by atoms with Crippen molar-refractivity contribution in [2.75, 3.05) is 14.2 Å². The molecule has 11 heavy (non-hydrogen) atoms. The van der Waals surface area contributed by atoms with Gasteiger partial charge in [-0.25, -0.2) is 4.98 Å². The Bertz CT molecular complexity index is 189. The van der Waals surface area contributed by atoms with Crippen LogP contribution in [0.3, 0.4) is 0 Å². The summed E-state index contributed by atoms with van der Waals surface area (Å²) < 4.78 is 9.78. The minimum atomic E-state index is 0.518. The first-order chi connectivity index (χ1) is 5.36. The smallest absolute Gasteiger partial charge is 0.132 e. The highest BCUT2D eigenvalue weighted by atomic mass is 16.5. The molecule has 1 rings (SSSR count). The second kappa shape index (κ2) is 4.10.